The Labute approximate surface area is 248 Å². The number of rotatable bonds is 13. The lowest BCUT2D eigenvalue weighted by Crippen LogP contribution is -2.52. The van der Waals surface area contributed by atoms with Gasteiger partial charge in [-0.05, 0) is 78.4 Å². The quantitative estimate of drug-likeness (QED) is 0.171. The fourth-order valence-corrected chi connectivity index (χ4v) is 3.84. The average Bonchev–Trinajstić information content (AvgIpc) is 2.90. The van der Waals surface area contributed by atoms with Gasteiger partial charge in [0, 0.05) is 6.54 Å². The van der Waals surface area contributed by atoms with Gasteiger partial charge < -0.3 is 30.2 Å². The van der Waals surface area contributed by atoms with Gasteiger partial charge in [0.15, 0.2) is 0 Å². The van der Waals surface area contributed by atoms with E-state index in [1.165, 1.54) is 0 Å². The van der Waals surface area contributed by atoms with Gasteiger partial charge in [-0.2, -0.15) is 0 Å². The standard InChI is InChI=1S/C32H45N3O7/c1-31(2,3)41-29(38)33-21-13-18-25(35-30(39)42-32(4,5)6)27(36)34-26(20-19-23-14-9-7-10-15-23)28(37)40-22-24-16-11-8-12-17-24/h7-12,14-17,25-26H,13,18-22H2,1-6H3,(H,33,38)(H,34,36)(H,35,39)/t25-,26+/m0/s1. The number of ether oxygens (including phenoxy) is 3. The van der Waals surface area contributed by atoms with Gasteiger partial charge in [-0.3, -0.25) is 4.79 Å². The van der Waals surface area contributed by atoms with E-state index in [1.807, 2.05) is 60.7 Å². The van der Waals surface area contributed by atoms with E-state index in [2.05, 4.69) is 16.0 Å². The number of aryl methyl sites for hydroxylation is 1. The van der Waals surface area contributed by atoms with Crippen LogP contribution >= 0.6 is 0 Å². The molecule has 0 aliphatic heterocycles. The Bertz CT molecular complexity index is 1140. The molecule has 2 aromatic rings. The molecule has 0 heterocycles. The molecule has 0 spiro atoms. The van der Waals surface area contributed by atoms with Crippen molar-refractivity contribution in [2.45, 2.75) is 97.1 Å². The largest absolute Gasteiger partial charge is 0.459 e. The fraction of sp³-hybridized carbons (Fsp3) is 0.500. The van der Waals surface area contributed by atoms with E-state index in [9.17, 15) is 19.2 Å². The zero-order valence-corrected chi connectivity index (χ0v) is 25.5. The van der Waals surface area contributed by atoms with Gasteiger partial charge in [-0.25, -0.2) is 14.4 Å². The van der Waals surface area contributed by atoms with Gasteiger partial charge in [-0.1, -0.05) is 60.7 Å². The van der Waals surface area contributed by atoms with Crippen molar-refractivity contribution in [1.82, 2.24) is 16.0 Å². The number of nitrogens with one attached hydrogen (secondary N) is 3. The van der Waals surface area contributed by atoms with Crippen LogP contribution in [0.3, 0.4) is 0 Å². The van der Waals surface area contributed by atoms with Gasteiger partial charge >= 0.3 is 18.2 Å². The van der Waals surface area contributed by atoms with Gasteiger partial charge in [0.1, 0.15) is 29.9 Å². The third-order valence-electron chi connectivity index (χ3n) is 5.73. The maximum absolute atomic E-state index is 13.5. The molecule has 0 aliphatic carbocycles. The molecule has 230 valence electrons. The molecule has 3 N–H and O–H groups in total. The van der Waals surface area contributed by atoms with Crippen LogP contribution in [-0.2, 0) is 36.8 Å². The molecule has 0 radical (unpaired) electrons. The number of alkyl carbamates (subject to hydrolysis) is 2. The number of carbonyl (C=O) groups is 4. The number of hydrogen-bond donors (Lipinski definition) is 3. The second kappa shape index (κ2) is 16.4. The van der Waals surface area contributed by atoms with Gasteiger partial charge in [0.25, 0.3) is 0 Å². The first-order valence-electron chi connectivity index (χ1n) is 14.2. The molecule has 0 saturated carbocycles. The molecule has 3 amide bonds. The lowest BCUT2D eigenvalue weighted by molar-refractivity contribution is -0.149. The van der Waals surface area contributed by atoms with Crippen molar-refractivity contribution >= 4 is 24.1 Å². The molecule has 0 fully saturated rings. The van der Waals surface area contributed by atoms with E-state index in [0.29, 0.717) is 19.3 Å². The summed E-state index contributed by atoms with van der Waals surface area (Å²) in [4.78, 5) is 51.2. The van der Waals surface area contributed by atoms with Gasteiger partial charge in [-0.15, -0.1) is 0 Å². The Balaban J connectivity index is 2.11. The molecular weight excluding hydrogens is 538 g/mol. The minimum atomic E-state index is -1.03. The molecule has 0 aliphatic rings. The second-order valence-electron chi connectivity index (χ2n) is 11.9. The summed E-state index contributed by atoms with van der Waals surface area (Å²) in [6.07, 6.45) is -0.00848. The minimum absolute atomic E-state index is 0.0628. The molecule has 10 heteroatoms. The summed E-state index contributed by atoms with van der Waals surface area (Å²) < 4.78 is 16.1. The number of amides is 3. The highest BCUT2D eigenvalue weighted by atomic mass is 16.6. The summed E-state index contributed by atoms with van der Waals surface area (Å²) in [5, 5.41) is 8.03. The minimum Gasteiger partial charge on any atom is -0.459 e. The van der Waals surface area contributed by atoms with E-state index in [4.69, 9.17) is 14.2 Å². The molecular formula is C32H45N3O7. The van der Waals surface area contributed by atoms with E-state index < -0.39 is 47.3 Å². The van der Waals surface area contributed by atoms with Crippen LogP contribution in [0.1, 0.15) is 71.9 Å². The fourth-order valence-electron chi connectivity index (χ4n) is 3.84. The maximum Gasteiger partial charge on any atom is 0.408 e. The SMILES string of the molecule is CC(C)(C)OC(=O)NCCC[C@H](NC(=O)OC(C)(C)C)C(=O)N[C@H](CCc1ccccc1)C(=O)OCc1ccccc1. The van der Waals surface area contributed by atoms with Crippen molar-refractivity contribution in [2.75, 3.05) is 6.54 Å². The highest BCUT2D eigenvalue weighted by molar-refractivity contribution is 5.89. The summed E-state index contributed by atoms with van der Waals surface area (Å²) in [7, 11) is 0. The van der Waals surface area contributed by atoms with Crippen LogP contribution in [0, 0.1) is 0 Å². The lowest BCUT2D eigenvalue weighted by atomic mass is 10.0. The van der Waals surface area contributed by atoms with E-state index in [1.54, 1.807) is 41.5 Å². The zero-order chi connectivity index (χ0) is 31.2. The third kappa shape index (κ3) is 14.5. The first kappa shape index (κ1) is 34.1. The van der Waals surface area contributed by atoms with Crippen LogP contribution < -0.4 is 16.0 Å². The van der Waals surface area contributed by atoms with Crippen molar-refractivity contribution in [1.29, 1.82) is 0 Å². The van der Waals surface area contributed by atoms with Gasteiger partial charge in [0.05, 0.1) is 0 Å². The maximum atomic E-state index is 13.5. The molecule has 2 atom stereocenters. The monoisotopic (exact) mass is 583 g/mol. The van der Waals surface area contributed by atoms with Crippen LogP contribution in [0.2, 0.25) is 0 Å². The molecule has 0 bridgehead atoms. The molecule has 0 saturated heterocycles. The summed E-state index contributed by atoms with van der Waals surface area (Å²) in [6, 6.07) is 16.9. The van der Waals surface area contributed by atoms with Crippen LogP contribution in [-0.4, -0.2) is 53.9 Å². The molecule has 10 nitrogen and oxygen atoms in total. The zero-order valence-electron chi connectivity index (χ0n) is 25.5. The summed E-state index contributed by atoms with van der Waals surface area (Å²) >= 11 is 0. The van der Waals surface area contributed by atoms with Crippen molar-refractivity contribution < 1.29 is 33.4 Å². The Morgan fingerprint density at radius 3 is 1.81 bits per heavy atom. The summed E-state index contributed by atoms with van der Waals surface area (Å²) in [5.74, 6) is -1.14. The van der Waals surface area contributed by atoms with Crippen LogP contribution in [0.25, 0.3) is 0 Å². The number of esters is 1. The number of hydrogen-bond acceptors (Lipinski definition) is 7. The van der Waals surface area contributed by atoms with Crippen molar-refractivity contribution in [3.63, 3.8) is 0 Å². The average molecular weight is 584 g/mol. The van der Waals surface area contributed by atoms with Crippen molar-refractivity contribution in [3.8, 4) is 0 Å². The normalized spacial score (nSPS) is 12.8. The van der Waals surface area contributed by atoms with Crippen LogP contribution in [0.5, 0.6) is 0 Å². The number of carbonyl (C=O) groups excluding carboxylic acids is 4. The number of benzene rings is 2. The molecule has 2 rings (SSSR count). The highest BCUT2D eigenvalue weighted by Crippen LogP contribution is 2.12. The van der Waals surface area contributed by atoms with Crippen molar-refractivity contribution in [2.24, 2.45) is 0 Å². The molecule has 0 aromatic heterocycles. The molecule has 0 unspecified atom stereocenters. The molecule has 2 aromatic carbocycles. The second-order valence-corrected chi connectivity index (χ2v) is 11.9. The predicted molar refractivity (Wildman–Crippen MR) is 160 cm³/mol. The first-order valence-corrected chi connectivity index (χ1v) is 14.2. The van der Waals surface area contributed by atoms with Gasteiger partial charge in [0.2, 0.25) is 5.91 Å². The lowest BCUT2D eigenvalue weighted by Gasteiger charge is -2.25. The van der Waals surface area contributed by atoms with Crippen molar-refractivity contribution in [3.05, 3.63) is 71.8 Å². The third-order valence-corrected chi connectivity index (χ3v) is 5.73. The highest BCUT2D eigenvalue weighted by Gasteiger charge is 2.29. The van der Waals surface area contributed by atoms with Crippen LogP contribution in [0.4, 0.5) is 9.59 Å². The molecule has 42 heavy (non-hydrogen) atoms. The predicted octanol–water partition coefficient (Wildman–Crippen LogP) is 5.05. The Morgan fingerprint density at radius 2 is 1.24 bits per heavy atom. The first-order chi connectivity index (χ1) is 19.7. The van der Waals surface area contributed by atoms with Crippen LogP contribution in [0.15, 0.2) is 60.7 Å². The summed E-state index contributed by atoms with van der Waals surface area (Å²) in [6.45, 7) is 10.7. The van der Waals surface area contributed by atoms with E-state index in [0.717, 1.165) is 11.1 Å². The van der Waals surface area contributed by atoms with E-state index >= 15 is 0 Å². The smallest absolute Gasteiger partial charge is 0.408 e. The summed E-state index contributed by atoms with van der Waals surface area (Å²) in [5.41, 5.74) is 0.405. The topological polar surface area (TPSA) is 132 Å². The van der Waals surface area contributed by atoms with E-state index in [-0.39, 0.29) is 19.6 Å². The Kier molecular flexibility index (Phi) is 13.3. The Morgan fingerprint density at radius 1 is 0.690 bits per heavy atom. The Hall–Kier alpha value is -4.08.